The monoisotopic (exact) mass is 367 g/mol. The Balaban J connectivity index is 1.71. The molecule has 5 nitrogen and oxygen atoms in total. The van der Waals surface area contributed by atoms with Crippen molar-refractivity contribution in [3.05, 3.63) is 69.0 Å². The summed E-state index contributed by atoms with van der Waals surface area (Å²) in [5, 5.41) is 5.07. The lowest BCUT2D eigenvalue weighted by molar-refractivity contribution is 0.102. The molecule has 0 saturated carbocycles. The van der Waals surface area contributed by atoms with Gasteiger partial charge in [-0.2, -0.15) is 0 Å². The molecule has 0 aliphatic rings. The van der Waals surface area contributed by atoms with Crippen molar-refractivity contribution in [3.8, 4) is 11.3 Å². The molecule has 1 amide bonds. The zero-order valence-electron chi connectivity index (χ0n) is 14.8. The highest BCUT2D eigenvalue weighted by Crippen LogP contribution is 2.25. The summed E-state index contributed by atoms with van der Waals surface area (Å²) in [6, 6.07) is 11.6. The number of anilines is 1. The van der Waals surface area contributed by atoms with E-state index >= 15 is 0 Å². The van der Waals surface area contributed by atoms with Gasteiger partial charge in [0.15, 0.2) is 5.13 Å². The summed E-state index contributed by atoms with van der Waals surface area (Å²) >= 11 is 1.34. The first-order valence-corrected chi connectivity index (χ1v) is 9.51. The smallest absolute Gasteiger partial charge is 0.263 e. The first-order valence-electron chi connectivity index (χ1n) is 8.63. The Morgan fingerprint density at radius 2 is 1.96 bits per heavy atom. The van der Waals surface area contributed by atoms with Crippen LogP contribution in [0.2, 0.25) is 0 Å². The quantitative estimate of drug-likeness (QED) is 0.678. The third-order valence-electron chi connectivity index (χ3n) is 4.09. The zero-order valence-corrected chi connectivity index (χ0v) is 15.7. The zero-order chi connectivity index (χ0) is 18.5. The molecular weight excluding hydrogens is 346 g/mol. The van der Waals surface area contributed by atoms with Crippen LogP contribution < -0.4 is 10.9 Å². The van der Waals surface area contributed by atoms with E-state index in [1.807, 2.05) is 5.38 Å². The maximum atomic E-state index is 12.3. The number of thiazole rings is 1. The number of nitrogens with zero attached hydrogens (tertiary/aromatic N) is 1. The second-order valence-corrected chi connectivity index (χ2v) is 7.03. The van der Waals surface area contributed by atoms with Crippen molar-refractivity contribution < 1.29 is 4.79 Å². The first kappa shape index (κ1) is 18.1. The van der Waals surface area contributed by atoms with Crippen molar-refractivity contribution in [1.29, 1.82) is 0 Å². The molecule has 0 saturated heterocycles. The van der Waals surface area contributed by atoms with Crippen LogP contribution in [0, 0.1) is 6.92 Å². The summed E-state index contributed by atoms with van der Waals surface area (Å²) in [7, 11) is 0. The number of hydrogen-bond acceptors (Lipinski definition) is 4. The number of H-pyrrole nitrogens is 1. The molecule has 0 atom stereocenters. The van der Waals surface area contributed by atoms with Crippen LogP contribution in [-0.2, 0) is 6.42 Å². The lowest BCUT2D eigenvalue weighted by atomic mass is 10.1. The van der Waals surface area contributed by atoms with Gasteiger partial charge in [-0.25, -0.2) is 4.98 Å². The number of unbranched alkanes of at least 4 members (excludes halogenated alkanes) is 1. The van der Waals surface area contributed by atoms with Crippen LogP contribution in [0.3, 0.4) is 0 Å². The molecule has 26 heavy (non-hydrogen) atoms. The second-order valence-electron chi connectivity index (χ2n) is 6.18. The standard InChI is InChI=1S/C20H21N3O2S/c1-3-4-5-14-7-9-15(10-8-14)17-12-26-20(22-17)23-19(25)16-11-6-13(2)21-18(16)24/h6-12H,3-5H2,1-2H3,(H,21,24)(H,22,23,25). The molecule has 0 fully saturated rings. The molecule has 2 aromatic heterocycles. The van der Waals surface area contributed by atoms with Crippen molar-refractivity contribution in [1.82, 2.24) is 9.97 Å². The van der Waals surface area contributed by atoms with Crippen LogP contribution in [0.15, 0.2) is 46.6 Å². The van der Waals surface area contributed by atoms with Gasteiger partial charge in [-0.05, 0) is 37.5 Å². The molecule has 3 rings (SSSR count). The van der Waals surface area contributed by atoms with Crippen LogP contribution >= 0.6 is 11.3 Å². The Morgan fingerprint density at radius 3 is 2.65 bits per heavy atom. The normalized spacial score (nSPS) is 10.7. The number of aryl methyl sites for hydroxylation is 2. The lowest BCUT2D eigenvalue weighted by Gasteiger charge is -2.02. The van der Waals surface area contributed by atoms with E-state index in [1.165, 1.54) is 35.8 Å². The van der Waals surface area contributed by atoms with Gasteiger partial charge in [0.25, 0.3) is 11.5 Å². The lowest BCUT2D eigenvalue weighted by Crippen LogP contribution is -2.23. The van der Waals surface area contributed by atoms with Crippen LogP contribution in [0.4, 0.5) is 5.13 Å². The molecule has 2 heterocycles. The van der Waals surface area contributed by atoms with E-state index in [2.05, 4.69) is 46.5 Å². The van der Waals surface area contributed by atoms with Gasteiger partial charge in [0.1, 0.15) is 5.56 Å². The van der Waals surface area contributed by atoms with E-state index in [0.717, 1.165) is 17.7 Å². The van der Waals surface area contributed by atoms with Gasteiger partial charge in [0.05, 0.1) is 5.69 Å². The predicted molar refractivity (Wildman–Crippen MR) is 106 cm³/mol. The van der Waals surface area contributed by atoms with Crippen molar-refractivity contribution in [2.24, 2.45) is 0 Å². The third kappa shape index (κ3) is 4.26. The summed E-state index contributed by atoms with van der Waals surface area (Å²) < 4.78 is 0. The molecule has 0 aliphatic heterocycles. The number of rotatable bonds is 6. The number of carbonyl (C=O) groups excluding carboxylic acids is 1. The van der Waals surface area contributed by atoms with Gasteiger partial charge in [-0.1, -0.05) is 37.6 Å². The summed E-state index contributed by atoms with van der Waals surface area (Å²) in [6.45, 7) is 3.95. The van der Waals surface area contributed by atoms with E-state index in [1.54, 1.807) is 13.0 Å². The summed E-state index contributed by atoms with van der Waals surface area (Å²) in [5.41, 5.74) is 3.53. The molecule has 0 radical (unpaired) electrons. The number of carbonyl (C=O) groups is 1. The number of nitrogens with one attached hydrogen (secondary N) is 2. The molecule has 3 aromatic rings. The fraction of sp³-hybridized carbons (Fsp3) is 0.250. The first-order chi connectivity index (χ1) is 12.6. The molecule has 0 unspecified atom stereocenters. The Bertz CT molecular complexity index is 958. The number of aromatic amines is 1. The van der Waals surface area contributed by atoms with E-state index in [0.29, 0.717) is 10.8 Å². The highest BCUT2D eigenvalue weighted by molar-refractivity contribution is 7.14. The average molecular weight is 367 g/mol. The van der Waals surface area contributed by atoms with Gasteiger partial charge >= 0.3 is 0 Å². The topological polar surface area (TPSA) is 74.8 Å². The fourth-order valence-corrected chi connectivity index (χ4v) is 3.32. The van der Waals surface area contributed by atoms with Crippen LogP contribution in [0.1, 0.15) is 41.4 Å². The van der Waals surface area contributed by atoms with Gasteiger partial charge in [0, 0.05) is 16.6 Å². The number of pyridine rings is 1. The average Bonchev–Trinajstić information content (AvgIpc) is 3.08. The molecule has 1 aromatic carbocycles. The molecule has 2 N–H and O–H groups in total. The largest absolute Gasteiger partial charge is 0.326 e. The van der Waals surface area contributed by atoms with E-state index in [9.17, 15) is 9.59 Å². The molecule has 0 bridgehead atoms. The van der Waals surface area contributed by atoms with Crippen molar-refractivity contribution in [2.45, 2.75) is 33.1 Å². The van der Waals surface area contributed by atoms with Crippen molar-refractivity contribution in [2.75, 3.05) is 5.32 Å². The maximum Gasteiger partial charge on any atom is 0.263 e. The number of aromatic nitrogens is 2. The minimum absolute atomic E-state index is 0.0765. The van der Waals surface area contributed by atoms with Crippen LogP contribution in [0.25, 0.3) is 11.3 Å². The molecular formula is C20H21N3O2S. The van der Waals surface area contributed by atoms with Gasteiger partial charge in [-0.3, -0.25) is 14.9 Å². The van der Waals surface area contributed by atoms with E-state index in [4.69, 9.17) is 0 Å². The van der Waals surface area contributed by atoms with Gasteiger partial charge in [0.2, 0.25) is 0 Å². The van der Waals surface area contributed by atoms with Crippen LogP contribution in [-0.4, -0.2) is 15.9 Å². The summed E-state index contributed by atoms with van der Waals surface area (Å²) in [5.74, 6) is -0.456. The molecule has 0 aliphatic carbocycles. The minimum Gasteiger partial charge on any atom is -0.326 e. The Morgan fingerprint density at radius 1 is 1.19 bits per heavy atom. The highest BCUT2D eigenvalue weighted by Gasteiger charge is 2.13. The van der Waals surface area contributed by atoms with Crippen molar-refractivity contribution in [3.63, 3.8) is 0 Å². The maximum absolute atomic E-state index is 12.3. The summed E-state index contributed by atoms with van der Waals surface area (Å²) in [6.07, 6.45) is 3.45. The summed E-state index contributed by atoms with van der Waals surface area (Å²) in [4.78, 5) is 31.2. The molecule has 6 heteroatoms. The Kier molecular flexibility index (Phi) is 5.63. The highest BCUT2D eigenvalue weighted by atomic mass is 32.1. The van der Waals surface area contributed by atoms with Gasteiger partial charge in [-0.15, -0.1) is 11.3 Å². The fourth-order valence-electron chi connectivity index (χ4n) is 2.60. The van der Waals surface area contributed by atoms with E-state index < -0.39 is 11.5 Å². The SMILES string of the molecule is CCCCc1ccc(-c2csc(NC(=O)c3ccc(C)[nH]c3=O)n2)cc1. The number of amides is 1. The Hall–Kier alpha value is -2.73. The van der Waals surface area contributed by atoms with Gasteiger partial charge < -0.3 is 4.98 Å². The molecule has 134 valence electrons. The number of hydrogen-bond donors (Lipinski definition) is 2. The van der Waals surface area contributed by atoms with Crippen LogP contribution in [0.5, 0.6) is 0 Å². The second kappa shape index (κ2) is 8.10. The van der Waals surface area contributed by atoms with E-state index in [-0.39, 0.29) is 5.56 Å². The van der Waals surface area contributed by atoms with Crippen molar-refractivity contribution >= 4 is 22.4 Å². The predicted octanol–water partition coefficient (Wildman–Crippen LogP) is 4.40. The third-order valence-corrected chi connectivity index (χ3v) is 4.85. The Labute approximate surface area is 156 Å². The molecule has 0 spiro atoms. The number of benzene rings is 1. The minimum atomic E-state index is -0.456.